The molecule has 0 amide bonds. The minimum absolute atomic E-state index is 0.142. The highest BCUT2D eigenvalue weighted by Crippen LogP contribution is 2.13. The molecule has 2 rings (SSSR count). The number of morpholine rings is 1. The van der Waals surface area contributed by atoms with E-state index in [4.69, 9.17) is 4.74 Å². The molecule has 0 unspecified atom stereocenters. The van der Waals surface area contributed by atoms with E-state index in [9.17, 15) is 9.90 Å². The zero-order valence-electron chi connectivity index (χ0n) is 9.35. The molecule has 0 spiro atoms. The highest BCUT2D eigenvalue weighted by atomic mass is 16.5. The number of hydrogen-bond donors (Lipinski definition) is 1. The van der Waals surface area contributed by atoms with Crippen molar-refractivity contribution in [3.63, 3.8) is 0 Å². The molecule has 1 aliphatic rings. The van der Waals surface area contributed by atoms with Gasteiger partial charge in [-0.1, -0.05) is 6.92 Å². The lowest BCUT2D eigenvalue weighted by molar-refractivity contribution is 0.110. The van der Waals surface area contributed by atoms with E-state index in [-0.39, 0.29) is 11.2 Å². The van der Waals surface area contributed by atoms with Gasteiger partial charge in [0.2, 0.25) is 5.43 Å². The molecule has 88 valence electrons. The smallest absolute Gasteiger partial charge is 0.223 e. The number of rotatable bonds is 2. The van der Waals surface area contributed by atoms with Crippen molar-refractivity contribution >= 4 is 0 Å². The molecule has 0 bridgehead atoms. The van der Waals surface area contributed by atoms with Crippen molar-refractivity contribution < 1.29 is 9.84 Å². The van der Waals surface area contributed by atoms with Crippen LogP contribution in [0.1, 0.15) is 12.6 Å². The summed E-state index contributed by atoms with van der Waals surface area (Å²) in [6.07, 6.45) is 2.34. The van der Waals surface area contributed by atoms with Crippen molar-refractivity contribution in [2.45, 2.75) is 13.3 Å². The minimum atomic E-state index is -0.318. The van der Waals surface area contributed by atoms with Crippen LogP contribution in [0.5, 0.6) is 5.75 Å². The molecule has 1 aliphatic heterocycles. The van der Waals surface area contributed by atoms with Gasteiger partial charge in [0.05, 0.1) is 32.0 Å². The standard InChI is InChI=1S/C11H16N2O3/c1-2-9-11(15)10(14)3-4-13(9)12-5-7-16-8-6-12/h3-4,15H,2,5-8H2,1H3. The normalized spacial score (nSPS) is 16.4. The summed E-state index contributed by atoms with van der Waals surface area (Å²) in [4.78, 5) is 11.3. The molecule has 1 fully saturated rings. The molecular weight excluding hydrogens is 208 g/mol. The Bertz CT molecular complexity index is 422. The average Bonchev–Trinajstić information content (AvgIpc) is 2.33. The molecule has 5 nitrogen and oxygen atoms in total. The Kier molecular flexibility index (Phi) is 3.14. The van der Waals surface area contributed by atoms with Gasteiger partial charge in [-0.2, -0.15) is 0 Å². The fourth-order valence-corrected chi connectivity index (χ4v) is 1.92. The SMILES string of the molecule is CCc1c(O)c(=O)ccn1N1CCOCC1. The zero-order chi connectivity index (χ0) is 11.5. The van der Waals surface area contributed by atoms with Gasteiger partial charge in [-0.3, -0.25) is 9.47 Å². The molecule has 1 aromatic heterocycles. The lowest BCUT2D eigenvalue weighted by Crippen LogP contribution is -2.45. The second-order valence-electron chi connectivity index (χ2n) is 3.74. The summed E-state index contributed by atoms with van der Waals surface area (Å²) in [6, 6.07) is 1.39. The van der Waals surface area contributed by atoms with Crippen molar-refractivity contribution in [3.05, 3.63) is 28.2 Å². The van der Waals surface area contributed by atoms with E-state index in [1.165, 1.54) is 6.07 Å². The molecule has 1 aromatic rings. The van der Waals surface area contributed by atoms with Crippen molar-refractivity contribution in [2.75, 3.05) is 31.3 Å². The van der Waals surface area contributed by atoms with Crippen LogP contribution in [-0.2, 0) is 11.2 Å². The molecule has 1 saturated heterocycles. The number of hydrogen-bond acceptors (Lipinski definition) is 4. The van der Waals surface area contributed by atoms with Gasteiger partial charge >= 0.3 is 0 Å². The molecule has 0 aromatic carbocycles. The third-order valence-electron chi connectivity index (χ3n) is 2.78. The van der Waals surface area contributed by atoms with E-state index in [1.54, 1.807) is 6.20 Å². The fourth-order valence-electron chi connectivity index (χ4n) is 1.92. The Morgan fingerprint density at radius 2 is 2.12 bits per heavy atom. The third-order valence-corrected chi connectivity index (χ3v) is 2.78. The van der Waals surface area contributed by atoms with Crippen LogP contribution in [-0.4, -0.2) is 36.1 Å². The number of aromatic nitrogens is 1. The quantitative estimate of drug-likeness (QED) is 0.773. The lowest BCUT2D eigenvalue weighted by Gasteiger charge is -2.32. The second-order valence-corrected chi connectivity index (χ2v) is 3.74. The Morgan fingerprint density at radius 1 is 1.44 bits per heavy atom. The fraction of sp³-hybridized carbons (Fsp3) is 0.545. The first-order chi connectivity index (χ1) is 7.74. The first-order valence-electron chi connectivity index (χ1n) is 5.50. The van der Waals surface area contributed by atoms with Crippen LogP contribution in [0.2, 0.25) is 0 Å². The van der Waals surface area contributed by atoms with Gasteiger partial charge in [0, 0.05) is 12.3 Å². The summed E-state index contributed by atoms with van der Waals surface area (Å²) in [7, 11) is 0. The second kappa shape index (κ2) is 4.57. The largest absolute Gasteiger partial charge is 0.503 e. The van der Waals surface area contributed by atoms with E-state index in [1.807, 2.05) is 11.6 Å². The van der Waals surface area contributed by atoms with E-state index < -0.39 is 0 Å². The summed E-state index contributed by atoms with van der Waals surface area (Å²) < 4.78 is 7.13. The van der Waals surface area contributed by atoms with Gasteiger partial charge < -0.3 is 14.9 Å². The summed E-state index contributed by atoms with van der Waals surface area (Å²) in [5.74, 6) is -0.142. The van der Waals surface area contributed by atoms with Crippen molar-refractivity contribution in [3.8, 4) is 5.75 Å². The summed E-state index contributed by atoms with van der Waals surface area (Å²) in [5, 5.41) is 11.8. The summed E-state index contributed by atoms with van der Waals surface area (Å²) >= 11 is 0. The van der Waals surface area contributed by atoms with Gasteiger partial charge in [0.15, 0.2) is 5.75 Å². The maximum Gasteiger partial charge on any atom is 0.223 e. The number of pyridine rings is 1. The molecule has 5 heteroatoms. The number of aromatic hydroxyl groups is 1. The zero-order valence-corrected chi connectivity index (χ0v) is 9.35. The Morgan fingerprint density at radius 3 is 2.75 bits per heavy atom. The van der Waals surface area contributed by atoms with Crippen molar-refractivity contribution in [2.24, 2.45) is 0 Å². The molecule has 0 radical (unpaired) electrons. The topological polar surface area (TPSA) is 54.7 Å². The molecular formula is C11H16N2O3. The Balaban J connectivity index is 2.39. The van der Waals surface area contributed by atoms with Gasteiger partial charge in [-0.25, -0.2) is 0 Å². The lowest BCUT2D eigenvalue weighted by atomic mass is 10.2. The Labute approximate surface area is 93.8 Å². The van der Waals surface area contributed by atoms with Crippen LogP contribution in [0.25, 0.3) is 0 Å². The maximum atomic E-state index is 11.3. The van der Waals surface area contributed by atoms with Crippen molar-refractivity contribution in [1.29, 1.82) is 0 Å². The Hall–Kier alpha value is -1.49. The average molecular weight is 224 g/mol. The van der Waals surface area contributed by atoms with Crippen LogP contribution in [0.3, 0.4) is 0 Å². The summed E-state index contributed by atoms with van der Waals surface area (Å²) in [5.41, 5.74) is 0.343. The van der Waals surface area contributed by atoms with Crippen molar-refractivity contribution in [1.82, 2.24) is 4.68 Å². The number of nitrogens with zero attached hydrogens (tertiary/aromatic N) is 2. The van der Waals surface area contributed by atoms with Gasteiger partial charge in [0.1, 0.15) is 0 Å². The minimum Gasteiger partial charge on any atom is -0.503 e. The maximum absolute atomic E-state index is 11.3. The molecule has 0 saturated carbocycles. The predicted molar refractivity (Wildman–Crippen MR) is 60.5 cm³/mol. The van der Waals surface area contributed by atoms with Gasteiger partial charge in [0.25, 0.3) is 0 Å². The molecule has 0 aliphatic carbocycles. The van der Waals surface area contributed by atoms with Crippen LogP contribution in [0.4, 0.5) is 0 Å². The highest BCUT2D eigenvalue weighted by Gasteiger charge is 2.15. The molecule has 1 N–H and O–H groups in total. The van der Waals surface area contributed by atoms with E-state index in [0.717, 1.165) is 13.1 Å². The summed E-state index contributed by atoms with van der Waals surface area (Å²) in [6.45, 7) is 4.82. The van der Waals surface area contributed by atoms with Crippen LogP contribution < -0.4 is 10.4 Å². The monoisotopic (exact) mass is 224 g/mol. The first-order valence-corrected chi connectivity index (χ1v) is 5.50. The molecule has 16 heavy (non-hydrogen) atoms. The first kappa shape index (κ1) is 11.0. The number of ether oxygens (including phenoxy) is 1. The van der Waals surface area contributed by atoms with E-state index in [0.29, 0.717) is 25.3 Å². The van der Waals surface area contributed by atoms with Crippen LogP contribution in [0, 0.1) is 0 Å². The molecule has 0 atom stereocenters. The highest BCUT2D eigenvalue weighted by molar-refractivity contribution is 5.28. The van der Waals surface area contributed by atoms with E-state index >= 15 is 0 Å². The molecule has 2 heterocycles. The van der Waals surface area contributed by atoms with Gasteiger partial charge in [-0.15, -0.1) is 0 Å². The van der Waals surface area contributed by atoms with E-state index in [2.05, 4.69) is 5.01 Å². The van der Waals surface area contributed by atoms with Crippen LogP contribution in [0.15, 0.2) is 17.1 Å². The van der Waals surface area contributed by atoms with Crippen LogP contribution >= 0.6 is 0 Å². The third kappa shape index (κ3) is 1.90. The predicted octanol–water partition coefficient (Wildman–Crippen LogP) is 0.0845. The van der Waals surface area contributed by atoms with Gasteiger partial charge in [-0.05, 0) is 6.42 Å².